The Morgan fingerprint density at radius 1 is 1.26 bits per heavy atom. The molecule has 1 aliphatic rings. The van der Waals surface area contributed by atoms with E-state index < -0.39 is 10.1 Å². The summed E-state index contributed by atoms with van der Waals surface area (Å²) in [7, 11) is -3.67. The summed E-state index contributed by atoms with van der Waals surface area (Å²) in [6.07, 6.45) is 4.48. The number of aliphatic hydroxyl groups excluding tert-OH is 1. The summed E-state index contributed by atoms with van der Waals surface area (Å²) >= 11 is 6.93. The van der Waals surface area contributed by atoms with Gasteiger partial charge in [-0.2, -0.15) is 8.42 Å². The number of hydrogen-bond acceptors (Lipinski definition) is 5. The predicted octanol–water partition coefficient (Wildman–Crippen LogP) is 2.69. The van der Waals surface area contributed by atoms with E-state index in [0.29, 0.717) is 12.3 Å². The van der Waals surface area contributed by atoms with E-state index in [1.807, 2.05) is 12.1 Å². The Balaban J connectivity index is 0.000000463. The van der Waals surface area contributed by atoms with Gasteiger partial charge in [0.15, 0.2) is 0 Å². The maximum absolute atomic E-state index is 9.47. The fraction of sp³-hybridized carbons (Fsp3) is 0.571. The summed E-state index contributed by atoms with van der Waals surface area (Å²) < 4.78 is 27.8. The molecule has 23 heavy (non-hydrogen) atoms. The van der Waals surface area contributed by atoms with Crippen molar-refractivity contribution < 1.29 is 18.1 Å². The van der Waals surface area contributed by atoms with Gasteiger partial charge < -0.3 is 16.2 Å². The van der Waals surface area contributed by atoms with Gasteiger partial charge in [0.1, 0.15) is 0 Å². The van der Waals surface area contributed by atoms with E-state index >= 15 is 0 Å². The molecule has 0 aromatic heterocycles. The highest BCUT2D eigenvalue weighted by atomic mass is 79.9. The van der Waals surface area contributed by atoms with Gasteiger partial charge in [0.25, 0.3) is 10.1 Å². The monoisotopic (exact) mass is 472 g/mol. The van der Waals surface area contributed by atoms with Crippen molar-refractivity contribution in [3.63, 3.8) is 0 Å². The van der Waals surface area contributed by atoms with E-state index in [4.69, 9.17) is 10.3 Å². The topological polar surface area (TPSA) is 113 Å². The number of hydrogen-bond donors (Lipinski definition) is 4. The standard InChI is InChI=1S/C13H18Br2N2O.CH4O3S/c14-9-5-8(13(16)12(15)6-9)7-17-10-1-3-11(18)4-2-10;1-5(2,3)4/h5-6,10-11,17-18H,1-4,7,16H2;1H3,(H,2,3,4). The van der Waals surface area contributed by atoms with Gasteiger partial charge in [0, 0.05) is 21.5 Å². The fourth-order valence-electron chi connectivity index (χ4n) is 2.32. The maximum atomic E-state index is 9.47. The number of nitrogens with one attached hydrogen (secondary N) is 1. The lowest BCUT2D eigenvalue weighted by atomic mass is 9.93. The molecular weight excluding hydrogens is 452 g/mol. The summed E-state index contributed by atoms with van der Waals surface area (Å²) in [4.78, 5) is 0. The zero-order valence-corrected chi connectivity index (χ0v) is 16.8. The molecule has 1 saturated carbocycles. The van der Waals surface area contributed by atoms with Gasteiger partial charge in [-0.05, 0) is 59.3 Å². The zero-order valence-electron chi connectivity index (χ0n) is 12.8. The second kappa shape index (κ2) is 9.33. The molecule has 0 aliphatic heterocycles. The van der Waals surface area contributed by atoms with Crippen molar-refractivity contribution in [3.05, 3.63) is 26.6 Å². The molecule has 1 aliphatic carbocycles. The van der Waals surface area contributed by atoms with Crippen molar-refractivity contribution in [2.24, 2.45) is 0 Å². The Hall–Kier alpha value is -0.190. The van der Waals surface area contributed by atoms with Crippen LogP contribution in [-0.2, 0) is 16.7 Å². The first-order chi connectivity index (χ1) is 10.6. The van der Waals surface area contributed by atoms with Gasteiger partial charge in [-0.3, -0.25) is 4.55 Å². The summed E-state index contributed by atoms with van der Waals surface area (Å²) in [5.41, 5.74) is 7.93. The lowest BCUT2D eigenvalue weighted by Crippen LogP contribution is -2.34. The first-order valence-electron chi connectivity index (χ1n) is 7.13. The molecule has 0 radical (unpaired) electrons. The van der Waals surface area contributed by atoms with Crippen molar-refractivity contribution in [1.29, 1.82) is 0 Å². The average molecular weight is 474 g/mol. The SMILES string of the molecule is CS(=O)(=O)O.Nc1c(Br)cc(Br)cc1CNC1CCC(O)CC1. The van der Waals surface area contributed by atoms with Gasteiger partial charge in [-0.1, -0.05) is 15.9 Å². The van der Waals surface area contributed by atoms with Crippen molar-refractivity contribution in [3.8, 4) is 0 Å². The van der Waals surface area contributed by atoms with Crippen molar-refractivity contribution >= 4 is 47.7 Å². The fourth-order valence-corrected chi connectivity index (χ4v) is 3.63. The summed E-state index contributed by atoms with van der Waals surface area (Å²) in [6, 6.07) is 4.49. The molecule has 5 N–H and O–H groups in total. The van der Waals surface area contributed by atoms with Gasteiger partial charge in [0.2, 0.25) is 0 Å². The minimum Gasteiger partial charge on any atom is -0.398 e. The average Bonchev–Trinajstić information content (AvgIpc) is 2.41. The molecular formula is C14H22Br2N2O4S. The van der Waals surface area contributed by atoms with Crippen LogP contribution in [0.3, 0.4) is 0 Å². The lowest BCUT2D eigenvalue weighted by Gasteiger charge is -2.26. The van der Waals surface area contributed by atoms with Crippen molar-refractivity contribution in [2.45, 2.75) is 44.4 Å². The Bertz CT molecular complexity index is 609. The molecule has 0 spiro atoms. The predicted molar refractivity (Wildman–Crippen MR) is 98.8 cm³/mol. The van der Waals surface area contributed by atoms with Crippen LogP contribution in [0.1, 0.15) is 31.2 Å². The van der Waals surface area contributed by atoms with Crippen LogP contribution >= 0.6 is 31.9 Å². The van der Waals surface area contributed by atoms with Crippen LogP contribution in [0.25, 0.3) is 0 Å². The number of anilines is 1. The van der Waals surface area contributed by atoms with E-state index in [0.717, 1.165) is 52.4 Å². The van der Waals surface area contributed by atoms with Gasteiger partial charge in [0.05, 0.1) is 18.0 Å². The minimum atomic E-state index is -3.67. The quantitative estimate of drug-likeness (QED) is 0.396. The molecule has 1 aromatic carbocycles. The second-order valence-electron chi connectivity index (χ2n) is 5.58. The molecule has 2 rings (SSSR count). The van der Waals surface area contributed by atoms with Gasteiger partial charge >= 0.3 is 0 Å². The largest absolute Gasteiger partial charge is 0.398 e. The summed E-state index contributed by atoms with van der Waals surface area (Å²) in [6.45, 7) is 0.768. The third-order valence-electron chi connectivity index (χ3n) is 3.46. The zero-order chi connectivity index (χ0) is 17.6. The first-order valence-corrected chi connectivity index (χ1v) is 10.6. The van der Waals surface area contributed by atoms with E-state index in [-0.39, 0.29) is 6.10 Å². The normalized spacial score (nSPS) is 21.4. The number of halogens is 2. The molecule has 0 bridgehead atoms. The third-order valence-corrected chi connectivity index (χ3v) is 4.57. The Labute approximate surface area is 153 Å². The minimum absolute atomic E-state index is 0.104. The van der Waals surface area contributed by atoms with E-state index in [9.17, 15) is 13.5 Å². The summed E-state index contributed by atoms with van der Waals surface area (Å²) in [5, 5.41) is 13.0. The highest BCUT2D eigenvalue weighted by Gasteiger charge is 2.19. The molecule has 0 amide bonds. The van der Waals surface area contributed by atoms with Crippen LogP contribution in [0.4, 0.5) is 5.69 Å². The molecule has 9 heteroatoms. The Kier molecular flexibility index (Phi) is 8.46. The van der Waals surface area contributed by atoms with Crippen molar-refractivity contribution in [2.75, 3.05) is 12.0 Å². The summed E-state index contributed by atoms with van der Waals surface area (Å²) in [5.74, 6) is 0. The lowest BCUT2D eigenvalue weighted by molar-refractivity contribution is 0.116. The van der Waals surface area contributed by atoms with Crippen LogP contribution in [-0.4, -0.2) is 36.5 Å². The number of aliphatic hydroxyl groups is 1. The van der Waals surface area contributed by atoms with Crippen LogP contribution in [0.5, 0.6) is 0 Å². The van der Waals surface area contributed by atoms with Crippen molar-refractivity contribution in [1.82, 2.24) is 5.32 Å². The Morgan fingerprint density at radius 3 is 2.30 bits per heavy atom. The molecule has 0 saturated heterocycles. The van der Waals surface area contributed by atoms with E-state index in [2.05, 4.69) is 37.2 Å². The molecule has 1 fully saturated rings. The van der Waals surface area contributed by atoms with Crippen LogP contribution in [0.15, 0.2) is 21.1 Å². The molecule has 132 valence electrons. The van der Waals surface area contributed by atoms with Gasteiger partial charge in [-0.15, -0.1) is 0 Å². The Morgan fingerprint density at radius 2 is 1.78 bits per heavy atom. The smallest absolute Gasteiger partial charge is 0.261 e. The number of nitrogen functional groups attached to an aromatic ring is 1. The van der Waals surface area contributed by atoms with Gasteiger partial charge in [-0.25, -0.2) is 0 Å². The van der Waals surface area contributed by atoms with Crippen LogP contribution in [0.2, 0.25) is 0 Å². The van der Waals surface area contributed by atoms with Crippen LogP contribution < -0.4 is 11.1 Å². The first kappa shape index (κ1) is 20.9. The number of nitrogens with two attached hydrogens (primary N) is 1. The molecule has 0 unspecified atom stereocenters. The third kappa shape index (κ3) is 9.02. The maximum Gasteiger partial charge on any atom is 0.261 e. The number of benzene rings is 1. The molecule has 0 heterocycles. The number of rotatable bonds is 3. The van der Waals surface area contributed by atoms with E-state index in [1.54, 1.807) is 0 Å². The molecule has 6 nitrogen and oxygen atoms in total. The van der Waals surface area contributed by atoms with E-state index in [1.165, 1.54) is 0 Å². The van der Waals surface area contributed by atoms with Crippen LogP contribution in [0, 0.1) is 0 Å². The highest BCUT2D eigenvalue weighted by molar-refractivity contribution is 9.11. The highest BCUT2D eigenvalue weighted by Crippen LogP contribution is 2.28. The second-order valence-corrected chi connectivity index (χ2v) is 8.82. The molecule has 1 aromatic rings. The molecule has 0 atom stereocenters.